The number of hydrogen-bond donors (Lipinski definition) is 0. The molecule has 4 aromatic rings. The molecular formula is C25H20N2O6S. The first-order chi connectivity index (χ1) is 16.3. The molecule has 5 rings (SSSR count). The molecule has 8 nitrogen and oxygen atoms in total. The molecule has 0 saturated carbocycles. The van der Waals surface area contributed by atoms with Crippen molar-refractivity contribution in [2.45, 2.75) is 19.9 Å². The van der Waals surface area contributed by atoms with Crippen LogP contribution >= 0.6 is 11.3 Å². The van der Waals surface area contributed by atoms with Crippen molar-refractivity contribution in [2.24, 2.45) is 0 Å². The molecule has 0 N–H and O–H groups in total. The molecule has 0 bridgehead atoms. The number of thiazole rings is 1. The van der Waals surface area contributed by atoms with E-state index in [9.17, 15) is 14.4 Å². The summed E-state index contributed by atoms with van der Waals surface area (Å²) < 4.78 is 16.1. The number of methoxy groups -OCH3 is 2. The van der Waals surface area contributed by atoms with E-state index in [1.54, 1.807) is 50.4 Å². The summed E-state index contributed by atoms with van der Waals surface area (Å²) in [7, 11) is 2.85. The fourth-order valence-corrected chi connectivity index (χ4v) is 5.16. The Labute approximate surface area is 198 Å². The van der Waals surface area contributed by atoms with Gasteiger partial charge in [0, 0.05) is 0 Å². The summed E-state index contributed by atoms with van der Waals surface area (Å²) in [5, 5.41) is 0.673. The number of amides is 1. The number of rotatable bonds is 4. The Bertz CT molecular complexity index is 1520. The lowest BCUT2D eigenvalue weighted by molar-refractivity contribution is 0.0605. The second-order valence-electron chi connectivity index (χ2n) is 7.93. The number of fused-ring (bicyclic) bond motifs is 2. The zero-order chi connectivity index (χ0) is 24.1. The Hall–Kier alpha value is -3.98. The third-order valence-electron chi connectivity index (χ3n) is 5.82. The molecule has 0 spiro atoms. The molecule has 1 atom stereocenters. The SMILES string of the molecule is COC(=O)c1sc(N2C(=O)c3oc4ccc(C)cc4c(=O)c3[C@H]2c2ccc(OC)cc2)nc1C. The Morgan fingerprint density at radius 3 is 2.50 bits per heavy atom. The van der Waals surface area contributed by atoms with Gasteiger partial charge in [-0.2, -0.15) is 0 Å². The largest absolute Gasteiger partial charge is 0.497 e. The van der Waals surface area contributed by atoms with E-state index in [-0.39, 0.29) is 26.8 Å². The van der Waals surface area contributed by atoms with Gasteiger partial charge in [0.2, 0.25) is 5.76 Å². The summed E-state index contributed by atoms with van der Waals surface area (Å²) in [5.74, 6) is -0.434. The average Bonchev–Trinajstić information content (AvgIpc) is 3.36. The highest BCUT2D eigenvalue weighted by molar-refractivity contribution is 7.17. The van der Waals surface area contributed by atoms with Gasteiger partial charge in [0.15, 0.2) is 10.6 Å². The molecule has 0 radical (unpaired) electrons. The lowest BCUT2D eigenvalue weighted by Crippen LogP contribution is -2.29. The average molecular weight is 477 g/mol. The van der Waals surface area contributed by atoms with Gasteiger partial charge < -0.3 is 13.9 Å². The fraction of sp³-hybridized carbons (Fsp3) is 0.200. The molecule has 9 heteroatoms. The predicted molar refractivity (Wildman–Crippen MR) is 127 cm³/mol. The van der Waals surface area contributed by atoms with E-state index >= 15 is 0 Å². The Balaban J connectivity index is 1.77. The molecule has 1 amide bonds. The highest BCUT2D eigenvalue weighted by Gasteiger charge is 2.45. The smallest absolute Gasteiger partial charge is 0.350 e. The van der Waals surface area contributed by atoms with E-state index in [0.717, 1.165) is 16.9 Å². The number of anilines is 1. The molecule has 0 aliphatic carbocycles. The van der Waals surface area contributed by atoms with Gasteiger partial charge in [-0.25, -0.2) is 9.78 Å². The van der Waals surface area contributed by atoms with Crippen LogP contribution in [0.5, 0.6) is 5.75 Å². The molecule has 0 unspecified atom stereocenters. The Kier molecular flexibility index (Phi) is 5.21. The number of aromatic nitrogens is 1. The molecule has 172 valence electrons. The molecule has 0 saturated heterocycles. The van der Waals surface area contributed by atoms with Gasteiger partial charge in [-0.15, -0.1) is 0 Å². The van der Waals surface area contributed by atoms with E-state index < -0.39 is 17.9 Å². The van der Waals surface area contributed by atoms with Gasteiger partial charge in [-0.1, -0.05) is 35.1 Å². The number of benzene rings is 2. The number of hydrogen-bond acceptors (Lipinski definition) is 8. The van der Waals surface area contributed by atoms with Crippen molar-refractivity contribution in [3.05, 3.63) is 85.7 Å². The van der Waals surface area contributed by atoms with Crippen molar-refractivity contribution < 1.29 is 23.5 Å². The number of carbonyl (C=O) groups is 2. The summed E-state index contributed by atoms with van der Waals surface area (Å²) in [6.07, 6.45) is 0. The molecule has 2 aromatic carbocycles. The molecule has 1 aliphatic heterocycles. The zero-order valence-electron chi connectivity index (χ0n) is 18.9. The quantitative estimate of drug-likeness (QED) is 0.402. The first kappa shape index (κ1) is 21.8. The van der Waals surface area contributed by atoms with E-state index in [0.29, 0.717) is 28.0 Å². The van der Waals surface area contributed by atoms with Gasteiger partial charge in [0.25, 0.3) is 5.91 Å². The summed E-state index contributed by atoms with van der Waals surface area (Å²) >= 11 is 1.03. The van der Waals surface area contributed by atoms with Crippen molar-refractivity contribution in [1.82, 2.24) is 4.98 Å². The van der Waals surface area contributed by atoms with Crippen LogP contribution in [-0.4, -0.2) is 31.1 Å². The first-order valence-corrected chi connectivity index (χ1v) is 11.3. The molecular weight excluding hydrogens is 456 g/mol. The van der Waals surface area contributed by atoms with Gasteiger partial charge in [0.1, 0.15) is 16.2 Å². The molecule has 3 heterocycles. The Morgan fingerprint density at radius 2 is 1.82 bits per heavy atom. The second-order valence-corrected chi connectivity index (χ2v) is 8.90. The predicted octanol–water partition coefficient (Wildman–Crippen LogP) is 4.41. The molecule has 2 aromatic heterocycles. The Morgan fingerprint density at radius 1 is 1.09 bits per heavy atom. The number of nitrogens with zero attached hydrogens (tertiary/aromatic N) is 2. The standard InChI is InChI=1S/C25H20N2O6S/c1-12-5-10-17-16(11-12)20(28)18-19(14-6-8-15(31-3)9-7-14)27(23(29)21(18)33-17)25-26-13(2)22(34-25)24(30)32-4/h5-11,19H,1-4H3/t19-/m1/s1. The summed E-state index contributed by atoms with van der Waals surface area (Å²) in [4.78, 5) is 45.7. The summed E-state index contributed by atoms with van der Waals surface area (Å²) in [5.41, 5.74) is 2.31. The highest BCUT2D eigenvalue weighted by atomic mass is 32.1. The molecule has 0 fully saturated rings. The van der Waals surface area contributed by atoms with E-state index in [2.05, 4.69) is 4.98 Å². The van der Waals surface area contributed by atoms with Crippen LogP contribution in [0.3, 0.4) is 0 Å². The summed E-state index contributed by atoms with van der Waals surface area (Å²) in [6.45, 7) is 3.56. The van der Waals surface area contributed by atoms with Gasteiger partial charge in [-0.3, -0.25) is 14.5 Å². The van der Waals surface area contributed by atoms with E-state index in [4.69, 9.17) is 13.9 Å². The van der Waals surface area contributed by atoms with Gasteiger partial charge >= 0.3 is 5.97 Å². The van der Waals surface area contributed by atoms with Crippen LogP contribution in [0.1, 0.15) is 48.7 Å². The fourth-order valence-electron chi connectivity index (χ4n) is 4.15. The normalized spacial score (nSPS) is 15.0. The van der Waals surface area contributed by atoms with Crippen LogP contribution < -0.4 is 15.1 Å². The van der Waals surface area contributed by atoms with Crippen LogP contribution in [-0.2, 0) is 4.74 Å². The minimum Gasteiger partial charge on any atom is -0.497 e. The number of esters is 1. The van der Waals surface area contributed by atoms with Crippen LogP contribution in [0.2, 0.25) is 0 Å². The maximum atomic E-state index is 13.7. The minimum atomic E-state index is -0.786. The minimum absolute atomic E-state index is 0.0327. The van der Waals surface area contributed by atoms with Gasteiger partial charge in [-0.05, 0) is 43.7 Å². The van der Waals surface area contributed by atoms with Crippen molar-refractivity contribution in [3.63, 3.8) is 0 Å². The van der Waals surface area contributed by atoms with Gasteiger partial charge in [0.05, 0.1) is 36.9 Å². The van der Waals surface area contributed by atoms with Crippen molar-refractivity contribution >= 4 is 39.3 Å². The van der Waals surface area contributed by atoms with Crippen LogP contribution in [0.15, 0.2) is 51.7 Å². The topological polar surface area (TPSA) is 98.9 Å². The second kappa shape index (κ2) is 8.11. The van der Waals surface area contributed by atoms with Crippen molar-refractivity contribution in [3.8, 4) is 5.75 Å². The third kappa shape index (κ3) is 3.28. The number of aryl methyl sites for hydroxylation is 2. The van der Waals surface area contributed by atoms with Crippen molar-refractivity contribution in [2.75, 3.05) is 19.1 Å². The number of carbonyl (C=O) groups excluding carboxylic acids is 2. The van der Waals surface area contributed by atoms with Crippen LogP contribution in [0, 0.1) is 13.8 Å². The van der Waals surface area contributed by atoms with E-state index in [1.165, 1.54) is 12.0 Å². The molecule has 34 heavy (non-hydrogen) atoms. The highest BCUT2D eigenvalue weighted by Crippen LogP contribution is 2.43. The lowest BCUT2D eigenvalue weighted by atomic mass is 9.98. The molecule has 1 aliphatic rings. The maximum absolute atomic E-state index is 13.7. The van der Waals surface area contributed by atoms with Crippen LogP contribution in [0.4, 0.5) is 5.13 Å². The number of ether oxygens (including phenoxy) is 2. The summed E-state index contributed by atoms with van der Waals surface area (Å²) in [6, 6.07) is 11.6. The lowest BCUT2D eigenvalue weighted by Gasteiger charge is -2.22. The third-order valence-corrected chi connectivity index (χ3v) is 6.96. The van der Waals surface area contributed by atoms with Crippen molar-refractivity contribution in [1.29, 1.82) is 0 Å². The van der Waals surface area contributed by atoms with E-state index in [1.807, 2.05) is 13.0 Å². The van der Waals surface area contributed by atoms with Crippen LogP contribution in [0.25, 0.3) is 11.0 Å². The monoisotopic (exact) mass is 476 g/mol. The maximum Gasteiger partial charge on any atom is 0.350 e. The first-order valence-electron chi connectivity index (χ1n) is 10.4. The zero-order valence-corrected chi connectivity index (χ0v) is 19.7.